The molecule has 0 aliphatic rings. The number of carbonyl (C=O) groups is 2. The molecule has 0 saturated carbocycles. The Balaban J connectivity index is 1.87. The molecule has 0 spiro atoms. The Hall–Kier alpha value is -3.27. The molecule has 11 heteroatoms. The minimum absolute atomic E-state index is 0.0637. The van der Waals surface area contributed by atoms with Gasteiger partial charge in [-0.3, -0.25) is 20.4 Å². The van der Waals surface area contributed by atoms with Crippen LogP contribution in [0.4, 0.5) is 13.2 Å². The Morgan fingerprint density at radius 2 is 1.68 bits per heavy atom. The first-order valence-electron chi connectivity index (χ1n) is 7.74. The molecule has 2 amide bonds. The molecule has 0 aliphatic heterocycles. The van der Waals surface area contributed by atoms with Crippen molar-refractivity contribution in [1.82, 2.24) is 20.6 Å². The fourth-order valence-corrected chi connectivity index (χ4v) is 2.56. The number of benzene rings is 1. The van der Waals surface area contributed by atoms with E-state index in [-0.39, 0.29) is 11.3 Å². The number of alkyl halides is 3. The van der Waals surface area contributed by atoms with Gasteiger partial charge in [-0.15, -0.1) is 0 Å². The van der Waals surface area contributed by atoms with Gasteiger partial charge in [0.2, 0.25) is 0 Å². The summed E-state index contributed by atoms with van der Waals surface area (Å²) in [7, 11) is 0. The third-order valence-corrected chi connectivity index (χ3v) is 4.00. The van der Waals surface area contributed by atoms with Crippen LogP contribution in [-0.2, 0) is 6.18 Å². The molecule has 0 aliphatic carbocycles. The number of carbonyl (C=O) groups excluding carboxylic acids is 2. The predicted molar refractivity (Wildman–Crippen MR) is 92.0 cm³/mol. The Morgan fingerprint density at radius 1 is 1.07 bits per heavy atom. The van der Waals surface area contributed by atoms with Gasteiger partial charge in [0.05, 0.1) is 29.3 Å². The highest BCUT2D eigenvalue weighted by atomic mass is 35.5. The van der Waals surface area contributed by atoms with E-state index in [9.17, 15) is 22.8 Å². The van der Waals surface area contributed by atoms with Crippen LogP contribution in [0.1, 0.15) is 32.2 Å². The lowest BCUT2D eigenvalue weighted by Gasteiger charge is -2.13. The molecule has 0 radical (unpaired) electrons. The lowest BCUT2D eigenvalue weighted by atomic mass is 10.2. The van der Waals surface area contributed by atoms with Gasteiger partial charge in [-0.1, -0.05) is 11.6 Å². The summed E-state index contributed by atoms with van der Waals surface area (Å²) in [6, 6.07) is 6.81. The summed E-state index contributed by atoms with van der Waals surface area (Å²) >= 11 is 5.75. The van der Waals surface area contributed by atoms with Crippen molar-refractivity contribution < 1.29 is 27.2 Å². The van der Waals surface area contributed by atoms with Crippen molar-refractivity contribution in [1.29, 1.82) is 0 Å². The van der Waals surface area contributed by atoms with E-state index in [1.54, 1.807) is 0 Å². The van der Waals surface area contributed by atoms with Gasteiger partial charge in [0.25, 0.3) is 11.8 Å². The monoisotopic (exact) mass is 412 g/mol. The molecular weight excluding hydrogens is 401 g/mol. The maximum absolute atomic E-state index is 13.6. The summed E-state index contributed by atoms with van der Waals surface area (Å²) in [5.41, 5.74) is 2.13. The van der Waals surface area contributed by atoms with E-state index in [0.29, 0.717) is 15.5 Å². The molecule has 3 aromatic rings. The van der Waals surface area contributed by atoms with Gasteiger partial charge in [-0.05, 0) is 37.3 Å². The molecule has 146 valence electrons. The number of furan rings is 1. The van der Waals surface area contributed by atoms with Crippen molar-refractivity contribution in [3.8, 4) is 5.69 Å². The molecule has 0 fully saturated rings. The quantitative estimate of drug-likeness (QED) is 0.644. The lowest BCUT2D eigenvalue weighted by Crippen LogP contribution is -2.42. The SMILES string of the molecule is Cc1occc1C(=O)NNC(=O)c1cnn(-c2ccc(Cl)cc2)c1C(F)(F)F. The lowest BCUT2D eigenvalue weighted by molar-refractivity contribution is -0.143. The maximum atomic E-state index is 13.6. The van der Waals surface area contributed by atoms with Crippen LogP contribution >= 0.6 is 11.6 Å². The Kier molecular flexibility index (Phi) is 5.14. The second-order valence-corrected chi connectivity index (χ2v) is 6.03. The minimum Gasteiger partial charge on any atom is -0.469 e. The number of halogens is 4. The Bertz CT molecular complexity index is 1030. The van der Waals surface area contributed by atoms with Gasteiger partial charge in [0, 0.05) is 5.02 Å². The molecule has 0 bridgehead atoms. The van der Waals surface area contributed by atoms with Crippen LogP contribution in [0.25, 0.3) is 5.69 Å². The Morgan fingerprint density at radius 3 is 2.21 bits per heavy atom. The zero-order valence-corrected chi connectivity index (χ0v) is 14.9. The molecule has 0 atom stereocenters. The van der Waals surface area contributed by atoms with E-state index >= 15 is 0 Å². The molecule has 2 heterocycles. The molecule has 2 aromatic heterocycles. The van der Waals surface area contributed by atoms with E-state index < -0.39 is 29.2 Å². The van der Waals surface area contributed by atoms with Gasteiger partial charge in [0.1, 0.15) is 5.76 Å². The molecule has 2 N–H and O–H groups in total. The summed E-state index contributed by atoms with van der Waals surface area (Å²) in [5.74, 6) is -1.63. The zero-order chi connectivity index (χ0) is 20.5. The van der Waals surface area contributed by atoms with E-state index in [2.05, 4.69) is 5.10 Å². The fraction of sp³-hybridized carbons (Fsp3) is 0.118. The molecular formula is C17H12ClF3N4O3. The van der Waals surface area contributed by atoms with Crippen LogP contribution in [0.5, 0.6) is 0 Å². The van der Waals surface area contributed by atoms with Crippen molar-refractivity contribution >= 4 is 23.4 Å². The summed E-state index contributed by atoms with van der Waals surface area (Å²) in [4.78, 5) is 24.2. The number of aromatic nitrogens is 2. The van der Waals surface area contributed by atoms with Crippen LogP contribution in [0.15, 0.2) is 47.2 Å². The van der Waals surface area contributed by atoms with Crippen LogP contribution in [0.3, 0.4) is 0 Å². The summed E-state index contributed by atoms with van der Waals surface area (Å²) in [6.07, 6.45) is -2.85. The maximum Gasteiger partial charge on any atom is 0.434 e. The molecule has 0 unspecified atom stereocenters. The summed E-state index contributed by atoms with van der Waals surface area (Å²) < 4.78 is 46.3. The van der Waals surface area contributed by atoms with Gasteiger partial charge in [0.15, 0.2) is 5.69 Å². The van der Waals surface area contributed by atoms with Gasteiger partial charge in [-0.25, -0.2) is 4.68 Å². The largest absolute Gasteiger partial charge is 0.469 e. The highest BCUT2D eigenvalue weighted by Gasteiger charge is 2.40. The van der Waals surface area contributed by atoms with Gasteiger partial charge < -0.3 is 4.42 Å². The van der Waals surface area contributed by atoms with Crippen LogP contribution in [-0.4, -0.2) is 21.6 Å². The third kappa shape index (κ3) is 3.86. The molecule has 1 aromatic carbocycles. The standard InChI is InChI=1S/C17H12ClF3N4O3/c1-9-12(6-7-28-9)15(26)23-24-16(27)13-8-22-25(14(13)17(19,20)21)11-4-2-10(18)3-5-11/h2-8H,1H3,(H,23,26)(H,24,27). The average Bonchev–Trinajstić information content (AvgIpc) is 3.26. The number of hydrogen-bond acceptors (Lipinski definition) is 4. The molecule has 28 heavy (non-hydrogen) atoms. The average molecular weight is 413 g/mol. The van der Waals surface area contributed by atoms with E-state index in [1.807, 2.05) is 10.9 Å². The van der Waals surface area contributed by atoms with Crippen molar-refractivity contribution in [2.45, 2.75) is 13.1 Å². The number of rotatable bonds is 3. The van der Waals surface area contributed by atoms with E-state index in [0.717, 1.165) is 6.20 Å². The first-order valence-corrected chi connectivity index (χ1v) is 8.12. The normalized spacial score (nSPS) is 11.3. The smallest absolute Gasteiger partial charge is 0.434 e. The minimum atomic E-state index is -4.88. The first kappa shape index (κ1) is 19.5. The Labute approximate surface area is 161 Å². The second kappa shape index (κ2) is 7.39. The van der Waals surface area contributed by atoms with Gasteiger partial charge >= 0.3 is 6.18 Å². The van der Waals surface area contributed by atoms with Crippen LogP contribution in [0, 0.1) is 6.92 Å². The zero-order valence-electron chi connectivity index (χ0n) is 14.2. The predicted octanol–water partition coefficient (Wildman–Crippen LogP) is 3.52. The van der Waals surface area contributed by atoms with Crippen LogP contribution in [0.2, 0.25) is 5.02 Å². The summed E-state index contributed by atoms with van der Waals surface area (Å²) in [6.45, 7) is 1.52. The molecule has 7 nitrogen and oxygen atoms in total. The highest BCUT2D eigenvalue weighted by molar-refractivity contribution is 6.30. The molecule has 0 saturated heterocycles. The number of aryl methyl sites for hydroxylation is 1. The number of amides is 2. The van der Waals surface area contributed by atoms with E-state index in [1.165, 1.54) is 43.5 Å². The fourth-order valence-electron chi connectivity index (χ4n) is 2.43. The van der Waals surface area contributed by atoms with Crippen molar-refractivity contribution in [3.63, 3.8) is 0 Å². The first-order chi connectivity index (χ1) is 13.2. The second-order valence-electron chi connectivity index (χ2n) is 5.59. The van der Waals surface area contributed by atoms with Gasteiger partial charge in [-0.2, -0.15) is 18.3 Å². The number of hydrogen-bond donors (Lipinski definition) is 2. The highest BCUT2D eigenvalue weighted by Crippen LogP contribution is 2.33. The van der Waals surface area contributed by atoms with Crippen molar-refractivity contribution in [2.24, 2.45) is 0 Å². The topological polar surface area (TPSA) is 89.2 Å². The molecule has 3 rings (SSSR count). The summed E-state index contributed by atoms with van der Waals surface area (Å²) in [5, 5.41) is 3.99. The van der Waals surface area contributed by atoms with E-state index in [4.69, 9.17) is 16.0 Å². The van der Waals surface area contributed by atoms with Crippen LogP contribution < -0.4 is 10.9 Å². The van der Waals surface area contributed by atoms with Crippen molar-refractivity contribution in [2.75, 3.05) is 0 Å². The number of nitrogens with zero attached hydrogens (tertiary/aromatic N) is 2. The number of nitrogens with one attached hydrogen (secondary N) is 2. The third-order valence-electron chi connectivity index (χ3n) is 3.75. The van der Waals surface area contributed by atoms with Crippen molar-refractivity contribution in [3.05, 3.63) is 70.4 Å². The number of hydrazine groups is 1.